The third-order valence-corrected chi connectivity index (χ3v) is 4.71. The Balaban J connectivity index is 1.74. The largest absolute Gasteiger partial charge is 0.394 e. The van der Waals surface area contributed by atoms with Gasteiger partial charge in [-0.25, -0.2) is 4.79 Å². The second kappa shape index (κ2) is 8.66. The Morgan fingerprint density at radius 2 is 2.14 bits per heavy atom. The number of rotatable bonds is 7. The summed E-state index contributed by atoms with van der Waals surface area (Å²) in [6.07, 6.45) is -0.944. The molecule has 0 saturated carbocycles. The zero-order chi connectivity index (χ0) is 21.1. The number of anilines is 1. The van der Waals surface area contributed by atoms with Gasteiger partial charge in [0.05, 0.1) is 36.4 Å². The number of aryl methyl sites for hydroxylation is 1. The van der Waals surface area contributed by atoms with Crippen LogP contribution in [0, 0.1) is 17.0 Å². The smallest absolute Gasteiger partial charge is 0.351 e. The van der Waals surface area contributed by atoms with Crippen molar-refractivity contribution in [3.63, 3.8) is 0 Å². The zero-order valence-electron chi connectivity index (χ0n) is 15.7. The van der Waals surface area contributed by atoms with Gasteiger partial charge in [0, 0.05) is 24.2 Å². The highest BCUT2D eigenvalue weighted by molar-refractivity contribution is 5.42. The van der Waals surface area contributed by atoms with Gasteiger partial charge in [0.25, 0.3) is 5.69 Å². The van der Waals surface area contributed by atoms with Crippen LogP contribution in [0.4, 0.5) is 11.5 Å². The van der Waals surface area contributed by atoms with Gasteiger partial charge in [-0.3, -0.25) is 14.7 Å². The van der Waals surface area contributed by atoms with Crippen LogP contribution in [0.2, 0.25) is 0 Å². The van der Waals surface area contributed by atoms with E-state index in [1.165, 1.54) is 16.8 Å². The minimum atomic E-state index is -0.906. The van der Waals surface area contributed by atoms with E-state index in [0.29, 0.717) is 11.1 Å². The Morgan fingerprint density at radius 3 is 2.79 bits per heavy atom. The number of nitrogen functional groups attached to an aromatic ring is 1. The summed E-state index contributed by atoms with van der Waals surface area (Å²) >= 11 is 0. The van der Waals surface area contributed by atoms with Crippen molar-refractivity contribution in [2.75, 3.05) is 12.3 Å². The van der Waals surface area contributed by atoms with Crippen LogP contribution < -0.4 is 11.4 Å². The summed E-state index contributed by atoms with van der Waals surface area (Å²) in [5.41, 5.74) is 6.68. The van der Waals surface area contributed by atoms with Crippen LogP contribution in [0.3, 0.4) is 0 Å². The van der Waals surface area contributed by atoms with Crippen molar-refractivity contribution < 1.29 is 24.6 Å². The number of nitro groups is 1. The molecule has 0 bridgehead atoms. The van der Waals surface area contributed by atoms with Gasteiger partial charge in [0.1, 0.15) is 18.1 Å². The van der Waals surface area contributed by atoms with Gasteiger partial charge in [-0.2, -0.15) is 4.98 Å². The number of aliphatic hydroxyl groups is 2. The van der Waals surface area contributed by atoms with Gasteiger partial charge in [-0.15, -0.1) is 0 Å². The molecule has 1 aromatic heterocycles. The number of nitrogens with two attached hydrogens (primary N) is 1. The number of hydrogen-bond donors (Lipinski definition) is 3. The lowest BCUT2D eigenvalue weighted by Gasteiger charge is -2.16. The van der Waals surface area contributed by atoms with Crippen LogP contribution in [-0.4, -0.2) is 43.5 Å². The van der Waals surface area contributed by atoms with E-state index in [0.717, 1.165) is 5.56 Å². The summed E-state index contributed by atoms with van der Waals surface area (Å²) in [5.74, 6) is -0.0260. The third kappa shape index (κ3) is 4.59. The number of hydrogen-bond acceptors (Lipinski definition) is 9. The van der Waals surface area contributed by atoms with E-state index in [1.807, 2.05) is 0 Å². The first-order valence-corrected chi connectivity index (χ1v) is 8.93. The van der Waals surface area contributed by atoms with Gasteiger partial charge < -0.3 is 25.4 Å². The lowest BCUT2D eigenvalue weighted by molar-refractivity contribution is -0.386. The first-order chi connectivity index (χ1) is 13.8. The molecule has 1 fully saturated rings. The lowest BCUT2D eigenvalue weighted by Crippen LogP contribution is -2.29. The van der Waals surface area contributed by atoms with Crippen LogP contribution >= 0.6 is 0 Å². The molecule has 1 aromatic carbocycles. The van der Waals surface area contributed by atoms with Gasteiger partial charge in [0.2, 0.25) is 0 Å². The van der Waals surface area contributed by atoms with Gasteiger partial charge in [0.15, 0.2) is 0 Å². The molecule has 2 heterocycles. The second-order valence-electron chi connectivity index (χ2n) is 6.84. The van der Waals surface area contributed by atoms with E-state index < -0.39 is 29.0 Å². The van der Waals surface area contributed by atoms with E-state index in [4.69, 9.17) is 15.2 Å². The number of benzene rings is 1. The van der Waals surface area contributed by atoms with Crippen molar-refractivity contribution in [2.24, 2.45) is 0 Å². The molecule has 11 heteroatoms. The highest BCUT2D eigenvalue weighted by atomic mass is 16.6. The maximum atomic E-state index is 12.2. The average Bonchev–Trinajstić information content (AvgIpc) is 3.04. The SMILES string of the molecule is Cc1ccc(COCc2cn(C3C[C@@H](O)C(CO)O3)c(=O)nc2N)c([N+](=O)[O-])c1. The molecular formula is C18H22N4O7. The quantitative estimate of drug-likeness (QED) is 0.436. The number of aromatic nitrogens is 2. The molecule has 0 spiro atoms. The Hall–Kier alpha value is -2.86. The van der Waals surface area contributed by atoms with Crippen molar-refractivity contribution in [1.82, 2.24) is 9.55 Å². The van der Waals surface area contributed by atoms with Gasteiger partial charge in [-0.05, 0) is 18.6 Å². The molecular weight excluding hydrogens is 384 g/mol. The molecule has 1 aliphatic heterocycles. The second-order valence-corrected chi connectivity index (χ2v) is 6.84. The average molecular weight is 406 g/mol. The predicted octanol–water partition coefficient (Wildman–Crippen LogP) is 0.400. The van der Waals surface area contributed by atoms with Crippen molar-refractivity contribution in [1.29, 1.82) is 0 Å². The molecule has 0 radical (unpaired) electrons. The zero-order valence-corrected chi connectivity index (χ0v) is 15.7. The van der Waals surface area contributed by atoms with E-state index >= 15 is 0 Å². The topological polar surface area (TPSA) is 163 Å². The maximum Gasteiger partial charge on any atom is 0.351 e. The Morgan fingerprint density at radius 1 is 1.41 bits per heavy atom. The first kappa shape index (κ1) is 20.9. The van der Waals surface area contributed by atoms with Gasteiger partial charge in [-0.1, -0.05) is 6.07 Å². The predicted molar refractivity (Wildman–Crippen MR) is 101 cm³/mol. The maximum absolute atomic E-state index is 12.2. The van der Waals surface area contributed by atoms with Crippen molar-refractivity contribution in [3.8, 4) is 0 Å². The van der Waals surface area contributed by atoms with Crippen molar-refractivity contribution in [3.05, 3.63) is 61.7 Å². The fourth-order valence-electron chi connectivity index (χ4n) is 3.13. The highest BCUT2D eigenvalue weighted by Gasteiger charge is 2.35. The molecule has 3 rings (SSSR count). The number of aliphatic hydroxyl groups excluding tert-OH is 2. The Bertz CT molecular complexity index is 962. The van der Waals surface area contributed by atoms with Crippen LogP contribution in [-0.2, 0) is 22.7 Å². The van der Waals surface area contributed by atoms with Crippen LogP contribution in [0.5, 0.6) is 0 Å². The van der Waals surface area contributed by atoms with Crippen LogP contribution in [0.25, 0.3) is 0 Å². The summed E-state index contributed by atoms with van der Waals surface area (Å²) in [6, 6.07) is 4.84. The number of nitro benzene ring substituents is 1. The summed E-state index contributed by atoms with van der Waals surface area (Å²) in [7, 11) is 0. The van der Waals surface area contributed by atoms with E-state index in [9.17, 15) is 25.1 Å². The van der Waals surface area contributed by atoms with E-state index in [2.05, 4.69) is 4.98 Å². The molecule has 3 atom stereocenters. The lowest BCUT2D eigenvalue weighted by atomic mass is 10.1. The molecule has 4 N–H and O–H groups in total. The van der Waals surface area contributed by atoms with E-state index in [-0.39, 0.29) is 37.7 Å². The van der Waals surface area contributed by atoms with Crippen LogP contribution in [0.15, 0.2) is 29.2 Å². The van der Waals surface area contributed by atoms with E-state index in [1.54, 1.807) is 19.1 Å². The molecule has 29 heavy (non-hydrogen) atoms. The van der Waals surface area contributed by atoms with Crippen LogP contribution in [0.1, 0.15) is 29.3 Å². The summed E-state index contributed by atoms with van der Waals surface area (Å²) in [6.45, 7) is 1.32. The number of ether oxygens (including phenoxy) is 2. The minimum Gasteiger partial charge on any atom is -0.394 e. The summed E-state index contributed by atoms with van der Waals surface area (Å²) in [5, 5.41) is 30.3. The van der Waals surface area contributed by atoms with Gasteiger partial charge >= 0.3 is 5.69 Å². The first-order valence-electron chi connectivity index (χ1n) is 8.93. The molecule has 2 unspecified atom stereocenters. The molecule has 156 valence electrons. The molecule has 2 aromatic rings. The minimum absolute atomic E-state index is 0.0260. The number of nitrogens with zero attached hydrogens (tertiary/aromatic N) is 3. The van der Waals surface area contributed by atoms with Crippen molar-refractivity contribution >= 4 is 11.5 Å². The monoisotopic (exact) mass is 406 g/mol. The summed E-state index contributed by atoms with van der Waals surface area (Å²) < 4.78 is 12.2. The molecule has 1 saturated heterocycles. The summed E-state index contributed by atoms with van der Waals surface area (Å²) in [4.78, 5) is 26.6. The standard InChI is InChI=1S/C18H22N4O7/c1-10-2-3-11(13(4-10)22(26)27)8-28-9-12-6-21(18(25)20-17(12)19)16-5-14(24)15(7-23)29-16/h2-4,6,14-16,23-24H,5,7-9H2,1H3,(H2,19,20,25)/t14-,15?,16?/m1/s1. The highest BCUT2D eigenvalue weighted by Crippen LogP contribution is 2.28. The Labute approximate surface area is 165 Å². The van der Waals surface area contributed by atoms with Crippen molar-refractivity contribution in [2.45, 2.75) is 45.0 Å². The normalized spacial score (nSPS) is 21.4. The fraction of sp³-hybridized carbons (Fsp3) is 0.444. The third-order valence-electron chi connectivity index (χ3n) is 4.71. The molecule has 0 amide bonds. The molecule has 11 nitrogen and oxygen atoms in total. The Kier molecular flexibility index (Phi) is 6.23. The molecule has 0 aliphatic carbocycles. The molecule has 1 aliphatic rings. The fourth-order valence-corrected chi connectivity index (χ4v) is 3.13.